The summed E-state index contributed by atoms with van der Waals surface area (Å²) in [4.78, 5) is 19.5. The van der Waals surface area contributed by atoms with Crippen LogP contribution in [0.5, 0.6) is 5.75 Å². The summed E-state index contributed by atoms with van der Waals surface area (Å²) in [5.74, 6) is 2.76. The first-order chi connectivity index (χ1) is 17.1. The van der Waals surface area contributed by atoms with Crippen LogP contribution in [0.25, 0.3) is 11.2 Å². The molecule has 1 saturated carbocycles. The van der Waals surface area contributed by atoms with E-state index in [2.05, 4.69) is 67.8 Å². The molecule has 5 rings (SSSR count). The lowest BCUT2D eigenvalue weighted by molar-refractivity contribution is 0.387. The quantitative estimate of drug-likeness (QED) is 0.370. The van der Waals surface area contributed by atoms with Gasteiger partial charge in [-0.05, 0) is 37.3 Å². The Kier molecular flexibility index (Phi) is 7.22. The second-order valence-electron chi connectivity index (χ2n) is 10.2. The second-order valence-corrected chi connectivity index (χ2v) is 10.2. The maximum atomic E-state index is 5.77. The molecule has 1 saturated heterocycles. The van der Waals surface area contributed by atoms with E-state index in [9.17, 15) is 0 Å². The van der Waals surface area contributed by atoms with Gasteiger partial charge in [0.2, 0.25) is 5.95 Å². The van der Waals surface area contributed by atoms with Gasteiger partial charge in [-0.1, -0.05) is 33.1 Å². The van der Waals surface area contributed by atoms with Gasteiger partial charge in [0.25, 0.3) is 0 Å². The van der Waals surface area contributed by atoms with Gasteiger partial charge in [0.15, 0.2) is 11.5 Å². The van der Waals surface area contributed by atoms with Crippen molar-refractivity contribution in [3.8, 4) is 5.75 Å². The molecule has 9 nitrogen and oxygen atoms in total. The maximum absolute atomic E-state index is 5.77. The van der Waals surface area contributed by atoms with Crippen molar-refractivity contribution in [3.05, 3.63) is 24.5 Å². The average molecular weight is 479 g/mol. The Balaban J connectivity index is 1.35. The summed E-state index contributed by atoms with van der Waals surface area (Å²) < 4.78 is 5.77. The van der Waals surface area contributed by atoms with Crippen LogP contribution < -0.4 is 25.6 Å². The standard InChI is InChI=1S/C26H38N8O/c1-17(2)13-19-15-34(12-11-27-19)20-9-10-21(22(14-20)35-3)31-26-32-24-23(28-16-29-24)25(33-26)30-18-7-5-4-6-8-18/h9-10,14,16-19,27H,4-8,11-13,15H2,1-3H3,(H3,28,29,30,31,32,33). The van der Waals surface area contributed by atoms with Crippen LogP contribution in [0.1, 0.15) is 52.4 Å². The number of aromatic amines is 1. The average Bonchev–Trinajstić information content (AvgIpc) is 3.34. The second kappa shape index (κ2) is 10.7. The number of benzene rings is 1. The smallest absolute Gasteiger partial charge is 0.231 e. The van der Waals surface area contributed by atoms with E-state index in [0.29, 0.717) is 29.6 Å². The van der Waals surface area contributed by atoms with Crippen LogP contribution in [-0.2, 0) is 0 Å². The Morgan fingerprint density at radius 1 is 1.17 bits per heavy atom. The third-order valence-electron chi connectivity index (χ3n) is 7.04. The molecule has 1 aliphatic carbocycles. The molecule has 1 unspecified atom stereocenters. The van der Waals surface area contributed by atoms with E-state index in [1.165, 1.54) is 44.2 Å². The molecule has 0 spiro atoms. The molecule has 1 aromatic carbocycles. The summed E-state index contributed by atoms with van der Waals surface area (Å²) in [6.45, 7) is 7.54. The van der Waals surface area contributed by atoms with E-state index in [4.69, 9.17) is 9.72 Å². The topological polar surface area (TPSA) is 103 Å². The minimum atomic E-state index is 0.436. The zero-order chi connectivity index (χ0) is 24.2. The lowest BCUT2D eigenvalue weighted by Gasteiger charge is -2.36. The van der Waals surface area contributed by atoms with Crippen LogP contribution in [0, 0.1) is 5.92 Å². The van der Waals surface area contributed by atoms with E-state index < -0.39 is 0 Å². The Labute approximate surface area is 207 Å². The fraction of sp³-hybridized carbons (Fsp3) is 0.577. The van der Waals surface area contributed by atoms with Gasteiger partial charge in [-0.2, -0.15) is 9.97 Å². The number of imidazole rings is 1. The predicted molar refractivity (Wildman–Crippen MR) is 142 cm³/mol. The van der Waals surface area contributed by atoms with Crippen molar-refractivity contribution in [1.82, 2.24) is 25.3 Å². The van der Waals surface area contributed by atoms with Gasteiger partial charge < -0.3 is 30.6 Å². The number of anilines is 4. The molecule has 0 amide bonds. The number of fused-ring (bicyclic) bond motifs is 1. The molecule has 3 aromatic rings. The first-order valence-corrected chi connectivity index (χ1v) is 13.0. The molecule has 2 fully saturated rings. The van der Waals surface area contributed by atoms with Gasteiger partial charge >= 0.3 is 0 Å². The number of nitrogens with zero attached hydrogens (tertiary/aromatic N) is 4. The highest BCUT2D eigenvalue weighted by molar-refractivity contribution is 5.84. The minimum Gasteiger partial charge on any atom is -0.494 e. The van der Waals surface area contributed by atoms with E-state index >= 15 is 0 Å². The first kappa shape index (κ1) is 23.7. The number of hydrogen-bond acceptors (Lipinski definition) is 8. The SMILES string of the molecule is COc1cc(N2CCNC(CC(C)C)C2)ccc1Nc1nc(NC2CCCCC2)c2[nH]cnc2n1. The van der Waals surface area contributed by atoms with E-state index in [0.717, 1.165) is 42.4 Å². The summed E-state index contributed by atoms with van der Waals surface area (Å²) in [7, 11) is 1.71. The molecule has 0 bridgehead atoms. The van der Waals surface area contributed by atoms with Crippen molar-refractivity contribution in [2.75, 3.05) is 42.3 Å². The van der Waals surface area contributed by atoms with Crippen LogP contribution in [0.15, 0.2) is 24.5 Å². The number of rotatable bonds is 8. The summed E-state index contributed by atoms with van der Waals surface area (Å²) in [6, 6.07) is 7.26. The van der Waals surface area contributed by atoms with Gasteiger partial charge in [0, 0.05) is 43.5 Å². The third kappa shape index (κ3) is 5.61. The number of ether oxygens (including phenoxy) is 1. The van der Waals surface area contributed by atoms with Crippen LogP contribution in [0.4, 0.5) is 23.1 Å². The normalized spacial score (nSPS) is 19.3. The van der Waals surface area contributed by atoms with Crippen LogP contribution in [0.3, 0.4) is 0 Å². The van der Waals surface area contributed by atoms with Gasteiger partial charge in [-0.25, -0.2) is 4.98 Å². The minimum absolute atomic E-state index is 0.436. The molecule has 9 heteroatoms. The van der Waals surface area contributed by atoms with E-state index in [1.807, 2.05) is 0 Å². The summed E-state index contributed by atoms with van der Waals surface area (Å²) in [5, 5.41) is 10.7. The zero-order valence-electron chi connectivity index (χ0n) is 21.1. The number of methoxy groups -OCH3 is 1. The largest absolute Gasteiger partial charge is 0.494 e. The number of nitrogens with one attached hydrogen (secondary N) is 4. The first-order valence-electron chi connectivity index (χ1n) is 13.0. The molecule has 2 aromatic heterocycles. The van der Waals surface area contributed by atoms with Crippen molar-refractivity contribution < 1.29 is 4.74 Å². The Bertz CT molecular complexity index is 1120. The lowest BCUT2D eigenvalue weighted by Crippen LogP contribution is -2.51. The van der Waals surface area contributed by atoms with Crippen molar-refractivity contribution in [2.45, 2.75) is 64.5 Å². The van der Waals surface area contributed by atoms with E-state index in [1.54, 1.807) is 13.4 Å². The van der Waals surface area contributed by atoms with Crippen LogP contribution in [0.2, 0.25) is 0 Å². The maximum Gasteiger partial charge on any atom is 0.231 e. The van der Waals surface area contributed by atoms with Crippen molar-refractivity contribution in [3.63, 3.8) is 0 Å². The summed E-state index contributed by atoms with van der Waals surface area (Å²) in [6.07, 6.45) is 9.02. The van der Waals surface area contributed by atoms with Gasteiger partial charge in [0.05, 0.1) is 19.1 Å². The number of piperazine rings is 1. The monoisotopic (exact) mass is 478 g/mol. The van der Waals surface area contributed by atoms with Gasteiger partial charge in [-0.3, -0.25) is 0 Å². The molecular weight excluding hydrogens is 440 g/mol. The Morgan fingerprint density at radius 3 is 2.83 bits per heavy atom. The van der Waals surface area contributed by atoms with Gasteiger partial charge in [0.1, 0.15) is 11.3 Å². The molecule has 3 heterocycles. The Morgan fingerprint density at radius 2 is 2.03 bits per heavy atom. The highest BCUT2D eigenvalue weighted by atomic mass is 16.5. The molecule has 2 aliphatic rings. The highest BCUT2D eigenvalue weighted by Gasteiger charge is 2.22. The number of aromatic nitrogens is 4. The molecular formula is C26H38N8O. The van der Waals surface area contributed by atoms with Crippen LogP contribution >= 0.6 is 0 Å². The molecule has 35 heavy (non-hydrogen) atoms. The zero-order valence-corrected chi connectivity index (χ0v) is 21.1. The number of H-pyrrole nitrogens is 1. The molecule has 188 valence electrons. The van der Waals surface area contributed by atoms with Crippen LogP contribution in [-0.4, -0.2) is 58.8 Å². The summed E-state index contributed by atoms with van der Waals surface area (Å²) in [5.41, 5.74) is 3.50. The Hall–Kier alpha value is -3.07. The number of hydrogen-bond donors (Lipinski definition) is 4. The fourth-order valence-electron chi connectivity index (χ4n) is 5.32. The van der Waals surface area contributed by atoms with Gasteiger partial charge in [-0.15, -0.1) is 0 Å². The van der Waals surface area contributed by atoms with Crippen molar-refractivity contribution in [2.24, 2.45) is 5.92 Å². The molecule has 1 aliphatic heterocycles. The third-order valence-corrected chi connectivity index (χ3v) is 7.04. The lowest BCUT2D eigenvalue weighted by atomic mass is 9.95. The molecule has 0 radical (unpaired) electrons. The van der Waals surface area contributed by atoms with Crippen molar-refractivity contribution in [1.29, 1.82) is 0 Å². The molecule has 4 N–H and O–H groups in total. The molecule has 1 atom stereocenters. The summed E-state index contributed by atoms with van der Waals surface area (Å²) >= 11 is 0. The van der Waals surface area contributed by atoms with Crippen molar-refractivity contribution >= 4 is 34.3 Å². The predicted octanol–water partition coefficient (Wildman–Crippen LogP) is 4.67. The van der Waals surface area contributed by atoms with E-state index in [-0.39, 0.29) is 0 Å². The highest BCUT2D eigenvalue weighted by Crippen LogP contribution is 2.33. The fourth-order valence-corrected chi connectivity index (χ4v) is 5.32.